The molecule has 43 heavy (non-hydrogen) atoms. The zero-order valence-corrected chi connectivity index (χ0v) is 27.5. The van der Waals surface area contributed by atoms with Crippen molar-refractivity contribution in [3.8, 4) is 11.8 Å². The number of aliphatic hydroxyl groups is 2. The molecule has 0 radical (unpaired) electrons. The number of hydrogen-bond donors (Lipinski definition) is 2. The second-order valence-corrected chi connectivity index (χ2v) is 13.3. The van der Waals surface area contributed by atoms with Crippen LogP contribution >= 0.6 is 0 Å². The Hall–Kier alpha value is -2.24. The van der Waals surface area contributed by atoms with E-state index >= 15 is 0 Å². The number of Topliss-reactive ketones (excluding diaryl/α,β-unsaturated/α-hetero) is 1. The summed E-state index contributed by atoms with van der Waals surface area (Å²) >= 11 is 0. The van der Waals surface area contributed by atoms with Crippen LogP contribution in [0.4, 0.5) is 0 Å². The average Bonchev–Trinajstić information content (AvgIpc) is 2.99. The summed E-state index contributed by atoms with van der Waals surface area (Å²) in [5.41, 5.74) is 6.22. The van der Waals surface area contributed by atoms with Crippen LogP contribution in [0.3, 0.4) is 0 Å². The maximum Gasteiger partial charge on any atom is 0.167 e. The number of piperidine rings is 1. The fraction of sp³-hybridized carbons (Fsp3) is 0.722. The maximum absolute atomic E-state index is 14.3. The molecule has 238 valence electrons. The number of ether oxygens (including phenoxy) is 1. The molecule has 2 N–H and O–H groups in total. The number of likely N-dealkylation sites (tertiary alicyclic amines) is 1. The quantitative estimate of drug-likeness (QED) is 0.269. The van der Waals surface area contributed by atoms with E-state index in [0.29, 0.717) is 24.3 Å². The fourth-order valence-electron chi connectivity index (χ4n) is 7.31. The minimum Gasteiger partial charge on any atom is -0.395 e. The number of aliphatic imine (C=N–C) groups is 1. The summed E-state index contributed by atoms with van der Waals surface area (Å²) in [6.07, 6.45) is 7.44. The highest BCUT2D eigenvalue weighted by atomic mass is 16.5. The van der Waals surface area contributed by atoms with E-state index in [2.05, 4.69) is 60.4 Å². The molecule has 7 nitrogen and oxygen atoms in total. The molecule has 4 aliphatic rings. The zero-order chi connectivity index (χ0) is 31.1. The lowest BCUT2D eigenvalue weighted by molar-refractivity contribution is -0.118. The predicted octanol–water partition coefficient (Wildman–Crippen LogP) is 5.15. The van der Waals surface area contributed by atoms with Gasteiger partial charge >= 0.3 is 0 Å². The van der Waals surface area contributed by atoms with E-state index in [1.54, 1.807) is 0 Å². The molecule has 0 amide bonds. The first kappa shape index (κ1) is 33.6. The molecule has 7 heteroatoms. The van der Waals surface area contributed by atoms with E-state index in [1.165, 1.54) is 11.3 Å². The summed E-state index contributed by atoms with van der Waals surface area (Å²) in [4.78, 5) is 23.5. The van der Waals surface area contributed by atoms with E-state index in [1.807, 2.05) is 13.8 Å². The molecule has 0 aromatic carbocycles. The molecule has 3 heterocycles. The molecular formula is C36H55N3O4. The second kappa shape index (κ2) is 15.7. The minimum atomic E-state index is -0.861. The lowest BCUT2D eigenvalue weighted by atomic mass is 9.79. The van der Waals surface area contributed by atoms with Crippen molar-refractivity contribution in [2.45, 2.75) is 98.8 Å². The SMILES string of the molecule is CCN(C1=C(C)C(C(=O)C(C)CC2=C(C(C)C)CC(C)=NC2O)=CC(C#CC2CCN(CCO)CC2)C1)C1CCOCC1. The van der Waals surface area contributed by atoms with Crippen molar-refractivity contribution < 1.29 is 19.7 Å². The molecule has 0 saturated carbocycles. The fourth-order valence-corrected chi connectivity index (χ4v) is 7.31. The lowest BCUT2D eigenvalue weighted by Gasteiger charge is -2.40. The van der Waals surface area contributed by atoms with Gasteiger partial charge < -0.3 is 24.7 Å². The number of ketones is 1. The first-order valence-electron chi connectivity index (χ1n) is 16.7. The Kier molecular flexibility index (Phi) is 12.3. The van der Waals surface area contributed by atoms with Gasteiger partial charge in [-0.3, -0.25) is 9.79 Å². The summed E-state index contributed by atoms with van der Waals surface area (Å²) in [6.45, 7) is 18.0. The third-order valence-corrected chi connectivity index (χ3v) is 9.86. The van der Waals surface area contributed by atoms with Gasteiger partial charge in [-0.2, -0.15) is 0 Å². The molecule has 2 saturated heterocycles. The Labute approximate surface area is 260 Å². The van der Waals surface area contributed by atoms with Crippen molar-refractivity contribution in [3.05, 3.63) is 34.1 Å². The van der Waals surface area contributed by atoms with Crippen LogP contribution < -0.4 is 0 Å². The van der Waals surface area contributed by atoms with E-state index in [0.717, 1.165) is 100 Å². The van der Waals surface area contributed by atoms with Crippen LogP contribution in [0.1, 0.15) is 86.5 Å². The normalized spacial score (nSPS) is 25.3. The first-order chi connectivity index (χ1) is 20.6. The van der Waals surface area contributed by atoms with Gasteiger partial charge in [-0.25, -0.2) is 0 Å². The molecule has 3 atom stereocenters. The van der Waals surface area contributed by atoms with Gasteiger partial charge in [0.1, 0.15) is 0 Å². The van der Waals surface area contributed by atoms with Crippen molar-refractivity contribution in [2.24, 2.45) is 28.7 Å². The van der Waals surface area contributed by atoms with Crippen LogP contribution in [0.15, 0.2) is 39.1 Å². The number of allylic oxidation sites excluding steroid dienone is 5. The molecule has 0 spiro atoms. The van der Waals surface area contributed by atoms with Crippen LogP contribution in [0.5, 0.6) is 0 Å². The molecule has 2 fully saturated rings. The van der Waals surface area contributed by atoms with Crippen LogP contribution in [0.2, 0.25) is 0 Å². The van der Waals surface area contributed by atoms with E-state index < -0.39 is 6.23 Å². The van der Waals surface area contributed by atoms with Gasteiger partial charge in [-0.1, -0.05) is 44.3 Å². The van der Waals surface area contributed by atoms with Crippen LogP contribution in [0.25, 0.3) is 0 Å². The van der Waals surface area contributed by atoms with E-state index in [9.17, 15) is 15.0 Å². The Balaban J connectivity index is 1.61. The third-order valence-electron chi connectivity index (χ3n) is 9.86. The monoisotopic (exact) mass is 593 g/mol. The highest BCUT2D eigenvalue weighted by Crippen LogP contribution is 2.37. The molecule has 3 unspecified atom stereocenters. The molecule has 0 bridgehead atoms. The lowest BCUT2D eigenvalue weighted by Crippen LogP contribution is -2.40. The van der Waals surface area contributed by atoms with Crippen molar-refractivity contribution in [3.63, 3.8) is 0 Å². The molecule has 0 aromatic rings. The summed E-state index contributed by atoms with van der Waals surface area (Å²) < 4.78 is 5.68. The van der Waals surface area contributed by atoms with Crippen molar-refractivity contribution in [2.75, 3.05) is 46.0 Å². The number of aliphatic hydroxyl groups excluding tert-OH is 2. The Morgan fingerprint density at radius 1 is 1.14 bits per heavy atom. The number of dihydropyridines is 1. The zero-order valence-electron chi connectivity index (χ0n) is 27.5. The van der Waals surface area contributed by atoms with Gasteiger partial charge in [0.15, 0.2) is 12.0 Å². The Bertz CT molecular complexity index is 1170. The average molecular weight is 594 g/mol. The molecule has 3 aliphatic heterocycles. The van der Waals surface area contributed by atoms with Gasteiger partial charge in [0.05, 0.1) is 6.61 Å². The maximum atomic E-state index is 14.3. The summed E-state index contributed by atoms with van der Waals surface area (Å²) in [5.74, 6) is 7.72. The highest BCUT2D eigenvalue weighted by molar-refractivity contribution is 6.01. The van der Waals surface area contributed by atoms with Crippen LogP contribution in [-0.4, -0.2) is 89.8 Å². The van der Waals surface area contributed by atoms with Gasteiger partial charge in [-0.05, 0) is 83.0 Å². The van der Waals surface area contributed by atoms with Gasteiger partial charge in [-0.15, -0.1) is 0 Å². The van der Waals surface area contributed by atoms with Crippen molar-refractivity contribution in [1.29, 1.82) is 0 Å². The molecule has 4 rings (SSSR count). The number of carbonyl (C=O) groups excluding carboxylic acids is 1. The molecular weight excluding hydrogens is 538 g/mol. The third kappa shape index (κ3) is 8.48. The second-order valence-electron chi connectivity index (χ2n) is 13.3. The molecule has 0 aromatic heterocycles. The minimum absolute atomic E-state index is 0.00725. The van der Waals surface area contributed by atoms with Crippen molar-refractivity contribution in [1.82, 2.24) is 9.80 Å². The van der Waals surface area contributed by atoms with Crippen molar-refractivity contribution >= 4 is 11.5 Å². The standard InChI is InChI=1S/C36H55N3O4/c1-7-39(30-12-18-43-19-13-30)34-23-29(9-8-28-10-14-38(15-11-28)16-17-40)22-32(27(34)6)35(41)25(4)20-33-31(24(2)3)21-26(5)37-36(33)42/h22,24-25,28-30,36,40,42H,7,10-21,23H2,1-6H3. The smallest absolute Gasteiger partial charge is 0.167 e. The largest absolute Gasteiger partial charge is 0.395 e. The predicted molar refractivity (Wildman–Crippen MR) is 174 cm³/mol. The van der Waals surface area contributed by atoms with Crippen LogP contribution in [0, 0.1) is 35.5 Å². The number of rotatable bonds is 10. The topological polar surface area (TPSA) is 85.6 Å². The number of nitrogens with zero attached hydrogens (tertiary/aromatic N) is 3. The summed E-state index contributed by atoms with van der Waals surface area (Å²) in [6, 6.07) is 0.414. The number of hydrogen-bond acceptors (Lipinski definition) is 7. The Morgan fingerprint density at radius 3 is 2.47 bits per heavy atom. The van der Waals surface area contributed by atoms with Crippen LogP contribution in [-0.2, 0) is 9.53 Å². The summed E-state index contributed by atoms with van der Waals surface area (Å²) in [7, 11) is 0. The van der Waals surface area contributed by atoms with E-state index in [-0.39, 0.29) is 24.2 Å². The van der Waals surface area contributed by atoms with Gasteiger partial charge in [0, 0.05) is 79.9 Å². The summed E-state index contributed by atoms with van der Waals surface area (Å²) in [5, 5.41) is 20.2. The first-order valence-corrected chi connectivity index (χ1v) is 16.7. The highest BCUT2D eigenvalue weighted by Gasteiger charge is 2.33. The van der Waals surface area contributed by atoms with Gasteiger partial charge in [0.2, 0.25) is 0 Å². The number of β-amino-alcohol motifs (C(OH)–C–C–N with tert-alkyl or cyclic N) is 1. The number of carbonyl (C=O) groups is 1. The Morgan fingerprint density at radius 2 is 1.84 bits per heavy atom. The van der Waals surface area contributed by atoms with Gasteiger partial charge in [0.25, 0.3) is 0 Å². The van der Waals surface area contributed by atoms with E-state index in [4.69, 9.17) is 4.74 Å². The molecule has 1 aliphatic carbocycles.